The topological polar surface area (TPSA) is 93.1 Å². The first kappa shape index (κ1) is 20.5. The van der Waals surface area contributed by atoms with E-state index in [-0.39, 0.29) is 29.1 Å². The molecule has 2 aromatic carbocycles. The van der Waals surface area contributed by atoms with Crippen LogP contribution in [0.3, 0.4) is 0 Å². The third-order valence-electron chi connectivity index (χ3n) is 4.14. The molecule has 0 fully saturated rings. The van der Waals surface area contributed by atoms with Crippen LogP contribution >= 0.6 is 11.6 Å². The van der Waals surface area contributed by atoms with Gasteiger partial charge in [0.1, 0.15) is 12.4 Å². The first-order chi connectivity index (χ1) is 13.9. The quantitative estimate of drug-likeness (QED) is 0.646. The maximum absolute atomic E-state index is 13.4. The molecular weight excluding hydrogens is 399 g/mol. The highest BCUT2D eigenvalue weighted by Gasteiger charge is 2.15. The predicted octanol–water partition coefficient (Wildman–Crippen LogP) is 2.97. The molecule has 150 valence electrons. The molecule has 0 saturated carbocycles. The minimum Gasteiger partial charge on any atom is -0.352 e. The number of halogens is 2. The molecule has 0 unspecified atom stereocenters. The number of carbonyl (C=O) groups is 2. The van der Waals surface area contributed by atoms with Gasteiger partial charge in [-0.1, -0.05) is 18.5 Å². The summed E-state index contributed by atoms with van der Waals surface area (Å²) in [5, 5.41) is 5.74. The number of nitrogens with one attached hydrogen (secondary N) is 2. The second kappa shape index (κ2) is 8.83. The lowest BCUT2D eigenvalue weighted by Crippen LogP contribution is -2.29. The Labute approximate surface area is 170 Å². The van der Waals surface area contributed by atoms with Crippen molar-refractivity contribution in [3.05, 3.63) is 69.5 Å². The number of carbonyl (C=O) groups excluding carboxylic acids is 2. The molecule has 1 heterocycles. The third kappa shape index (κ3) is 4.78. The Kier molecular flexibility index (Phi) is 6.23. The molecule has 0 atom stereocenters. The van der Waals surface area contributed by atoms with E-state index in [9.17, 15) is 18.8 Å². The molecule has 7 nitrogen and oxygen atoms in total. The largest absolute Gasteiger partial charge is 0.352 e. The number of hydrogen-bond donors (Lipinski definition) is 2. The molecular formula is C20H18ClFN4O3. The van der Waals surface area contributed by atoms with Crippen molar-refractivity contribution < 1.29 is 14.0 Å². The molecule has 0 saturated heterocycles. The van der Waals surface area contributed by atoms with E-state index < -0.39 is 17.3 Å². The molecule has 9 heteroatoms. The van der Waals surface area contributed by atoms with Gasteiger partial charge in [-0.2, -0.15) is 0 Å². The van der Waals surface area contributed by atoms with Gasteiger partial charge in [0.25, 0.3) is 11.5 Å². The van der Waals surface area contributed by atoms with Crippen LogP contribution in [0.15, 0.2) is 47.5 Å². The summed E-state index contributed by atoms with van der Waals surface area (Å²) in [6, 6.07) is 8.18. The molecule has 3 rings (SSSR count). The summed E-state index contributed by atoms with van der Waals surface area (Å²) < 4.78 is 14.5. The van der Waals surface area contributed by atoms with Crippen LogP contribution in [0.1, 0.15) is 23.7 Å². The number of amides is 2. The SMILES string of the molecule is CCCNC(=O)c1ccc(Cl)cc1NC(=O)Cn1cnc2ccc(F)cc2c1=O. The van der Waals surface area contributed by atoms with E-state index in [1.165, 1.54) is 30.6 Å². The lowest BCUT2D eigenvalue weighted by atomic mass is 10.1. The number of nitrogens with zero attached hydrogens (tertiary/aromatic N) is 2. The first-order valence-electron chi connectivity index (χ1n) is 8.91. The summed E-state index contributed by atoms with van der Waals surface area (Å²) in [6.45, 7) is 2.05. The molecule has 0 aliphatic heterocycles. The fourth-order valence-electron chi connectivity index (χ4n) is 2.74. The van der Waals surface area contributed by atoms with Gasteiger partial charge in [0, 0.05) is 11.6 Å². The van der Waals surface area contributed by atoms with E-state index in [1.807, 2.05) is 6.92 Å². The Morgan fingerprint density at radius 3 is 2.76 bits per heavy atom. The Hall–Kier alpha value is -3.26. The lowest BCUT2D eigenvalue weighted by Gasteiger charge is -2.12. The Balaban J connectivity index is 1.84. The fraction of sp³-hybridized carbons (Fsp3) is 0.200. The Morgan fingerprint density at radius 1 is 1.21 bits per heavy atom. The van der Waals surface area contributed by atoms with E-state index in [2.05, 4.69) is 15.6 Å². The fourth-order valence-corrected chi connectivity index (χ4v) is 2.91. The Bertz CT molecular complexity index is 1150. The number of benzene rings is 2. The number of fused-ring (bicyclic) bond motifs is 1. The number of aromatic nitrogens is 2. The normalized spacial score (nSPS) is 10.7. The number of anilines is 1. The zero-order chi connectivity index (χ0) is 21.0. The zero-order valence-corrected chi connectivity index (χ0v) is 16.3. The molecule has 2 amide bonds. The van der Waals surface area contributed by atoms with Crippen LogP contribution in [-0.4, -0.2) is 27.9 Å². The highest BCUT2D eigenvalue weighted by molar-refractivity contribution is 6.31. The van der Waals surface area contributed by atoms with Crippen molar-refractivity contribution in [2.24, 2.45) is 0 Å². The zero-order valence-electron chi connectivity index (χ0n) is 15.5. The summed E-state index contributed by atoms with van der Waals surface area (Å²) in [4.78, 5) is 41.4. The van der Waals surface area contributed by atoms with Gasteiger partial charge in [-0.05, 0) is 42.8 Å². The molecule has 1 aromatic heterocycles. The summed E-state index contributed by atoms with van der Waals surface area (Å²) in [6.07, 6.45) is 1.98. The highest BCUT2D eigenvalue weighted by atomic mass is 35.5. The summed E-state index contributed by atoms with van der Waals surface area (Å²) in [5.41, 5.74) is 0.264. The summed E-state index contributed by atoms with van der Waals surface area (Å²) >= 11 is 5.99. The molecule has 0 spiro atoms. The lowest BCUT2D eigenvalue weighted by molar-refractivity contribution is -0.116. The van der Waals surface area contributed by atoms with Crippen LogP contribution in [0.2, 0.25) is 5.02 Å². The second-order valence-electron chi connectivity index (χ2n) is 6.33. The first-order valence-corrected chi connectivity index (χ1v) is 9.29. The third-order valence-corrected chi connectivity index (χ3v) is 4.37. The number of hydrogen-bond acceptors (Lipinski definition) is 4. The minimum atomic E-state index is -0.569. The monoisotopic (exact) mass is 416 g/mol. The summed E-state index contributed by atoms with van der Waals surface area (Å²) in [5.74, 6) is -1.48. The van der Waals surface area contributed by atoms with Crippen molar-refractivity contribution in [1.29, 1.82) is 0 Å². The molecule has 29 heavy (non-hydrogen) atoms. The van der Waals surface area contributed by atoms with E-state index in [4.69, 9.17) is 11.6 Å². The standard InChI is InChI=1S/C20H18ClFN4O3/c1-2-7-23-19(28)14-5-3-12(21)8-17(14)25-18(27)10-26-11-24-16-6-4-13(22)9-15(16)20(26)29/h3-6,8-9,11H,2,7,10H2,1H3,(H,23,28)(H,25,27). The van der Waals surface area contributed by atoms with Crippen molar-refractivity contribution in [3.63, 3.8) is 0 Å². The molecule has 2 N–H and O–H groups in total. The van der Waals surface area contributed by atoms with Crippen LogP contribution in [-0.2, 0) is 11.3 Å². The van der Waals surface area contributed by atoms with E-state index in [0.29, 0.717) is 17.1 Å². The van der Waals surface area contributed by atoms with Crippen molar-refractivity contribution in [1.82, 2.24) is 14.9 Å². The van der Waals surface area contributed by atoms with E-state index in [1.54, 1.807) is 6.07 Å². The predicted molar refractivity (Wildman–Crippen MR) is 109 cm³/mol. The molecule has 0 aliphatic rings. The van der Waals surface area contributed by atoms with Crippen molar-refractivity contribution >= 4 is 40.0 Å². The van der Waals surface area contributed by atoms with Crippen LogP contribution in [0.5, 0.6) is 0 Å². The van der Waals surface area contributed by atoms with Gasteiger partial charge >= 0.3 is 0 Å². The maximum Gasteiger partial charge on any atom is 0.261 e. The molecule has 0 bridgehead atoms. The van der Waals surface area contributed by atoms with Crippen LogP contribution in [0, 0.1) is 5.82 Å². The van der Waals surface area contributed by atoms with E-state index >= 15 is 0 Å². The van der Waals surface area contributed by atoms with Gasteiger partial charge in [-0.25, -0.2) is 9.37 Å². The summed E-state index contributed by atoms with van der Waals surface area (Å²) in [7, 11) is 0. The van der Waals surface area contributed by atoms with Gasteiger partial charge in [-0.15, -0.1) is 0 Å². The van der Waals surface area contributed by atoms with Crippen molar-refractivity contribution in [2.75, 3.05) is 11.9 Å². The molecule has 3 aromatic rings. The van der Waals surface area contributed by atoms with Crippen molar-refractivity contribution in [3.8, 4) is 0 Å². The highest BCUT2D eigenvalue weighted by Crippen LogP contribution is 2.21. The Morgan fingerprint density at radius 2 is 2.00 bits per heavy atom. The van der Waals surface area contributed by atoms with Gasteiger partial charge in [0.05, 0.1) is 28.5 Å². The van der Waals surface area contributed by atoms with Crippen LogP contribution in [0.4, 0.5) is 10.1 Å². The van der Waals surface area contributed by atoms with Gasteiger partial charge in [0.2, 0.25) is 5.91 Å². The van der Waals surface area contributed by atoms with Crippen molar-refractivity contribution in [2.45, 2.75) is 19.9 Å². The smallest absolute Gasteiger partial charge is 0.261 e. The molecule has 0 radical (unpaired) electrons. The average molecular weight is 417 g/mol. The second-order valence-corrected chi connectivity index (χ2v) is 6.77. The number of rotatable bonds is 6. The van der Waals surface area contributed by atoms with Gasteiger partial charge in [0.15, 0.2) is 0 Å². The molecule has 0 aliphatic carbocycles. The van der Waals surface area contributed by atoms with Gasteiger partial charge < -0.3 is 10.6 Å². The minimum absolute atomic E-state index is 0.0719. The average Bonchev–Trinajstić information content (AvgIpc) is 2.69. The van der Waals surface area contributed by atoms with Crippen LogP contribution in [0.25, 0.3) is 10.9 Å². The van der Waals surface area contributed by atoms with Gasteiger partial charge in [-0.3, -0.25) is 19.0 Å². The maximum atomic E-state index is 13.4. The van der Waals surface area contributed by atoms with E-state index in [0.717, 1.165) is 17.1 Å². The van der Waals surface area contributed by atoms with Crippen LogP contribution < -0.4 is 16.2 Å².